The predicted octanol–water partition coefficient (Wildman–Crippen LogP) is 5.97. The van der Waals surface area contributed by atoms with Crippen LogP contribution >= 0.6 is 0 Å². The fraction of sp³-hybridized carbons (Fsp3) is 0.333. The van der Waals surface area contributed by atoms with Crippen LogP contribution in [0.25, 0.3) is 11.3 Å². The molecule has 0 aliphatic heterocycles. The van der Waals surface area contributed by atoms with E-state index >= 15 is 0 Å². The van der Waals surface area contributed by atoms with Gasteiger partial charge in [-0.25, -0.2) is 4.79 Å². The van der Waals surface area contributed by atoms with Gasteiger partial charge < -0.3 is 15.2 Å². The number of rotatable bonds is 6. The molecule has 0 unspecified atom stereocenters. The van der Waals surface area contributed by atoms with Gasteiger partial charge in [-0.2, -0.15) is 13.2 Å². The minimum absolute atomic E-state index is 0.151. The first-order valence-electron chi connectivity index (χ1n) is 9.47. The number of amides is 2. The van der Waals surface area contributed by atoms with Crippen LogP contribution in [0, 0.1) is 0 Å². The molecule has 0 radical (unpaired) electrons. The molecule has 2 amide bonds. The topological polar surface area (TPSA) is 67.2 Å². The number of urea groups is 1. The number of nitrogens with one attached hydrogen (secondary N) is 2. The number of nitrogens with zero attached hydrogens (tertiary/aromatic N) is 1. The Hall–Kier alpha value is -3.03. The lowest BCUT2D eigenvalue weighted by atomic mass is 10.0. The molecule has 0 fully saturated rings. The molecule has 2 N–H and O–H groups in total. The summed E-state index contributed by atoms with van der Waals surface area (Å²) in [7, 11) is 0. The molecule has 0 bridgehead atoms. The van der Waals surface area contributed by atoms with Gasteiger partial charge in [0, 0.05) is 23.7 Å². The Morgan fingerprint density at radius 3 is 2.66 bits per heavy atom. The molecule has 0 atom stereocenters. The highest BCUT2D eigenvalue weighted by Crippen LogP contribution is 2.33. The molecule has 3 rings (SSSR count). The monoisotopic (exact) mass is 405 g/mol. The van der Waals surface area contributed by atoms with Crippen molar-refractivity contribution >= 4 is 11.7 Å². The molecule has 8 heteroatoms. The second kappa shape index (κ2) is 8.98. The average molecular weight is 405 g/mol. The number of alkyl halides is 3. The quantitative estimate of drug-likeness (QED) is 0.622. The third-order valence-corrected chi connectivity index (χ3v) is 4.54. The first kappa shape index (κ1) is 20.7. The predicted molar refractivity (Wildman–Crippen MR) is 104 cm³/mol. The molecule has 2 aromatic rings. The van der Waals surface area contributed by atoms with Crippen LogP contribution in [-0.4, -0.2) is 17.4 Å². The molecule has 29 heavy (non-hydrogen) atoms. The van der Waals surface area contributed by atoms with Crippen molar-refractivity contribution in [3.8, 4) is 11.3 Å². The summed E-state index contributed by atoms with van der Waals surface area (Å²) in [6, 6.07) is 7.99. The average Bonchev–Trinajstić information content (AvgIpc) is 3.15. The lowest BCUT2D eigenvalue weighted by Gasteiger charge is -2.19. The number of hydrogen-bond acceptors (Lipinski definition) is 3. The highest BCUT2D eigenvalue weighted by Gasteiger charge is 2.36. The van der Waals surface area contributed by atoms with E-state index in [1.807, 2.05) is 6.07 Å². The number of carbonyl (C=O) groups excluding carboxylic acids is 1. The van der Waals surface area contributed by atoms with Crippen LogP contribution in [0.2, 0.25) is 0 Å². The van der Waals surface area contributed by atoms with Gasteiger partial charge in [-0.15, -0.1) is 0 Å². The number of aromatic nitrogens is 1. The summed E-state index contributed by atoms with van der Waals surface area (Å²) in [5.74, 6) is 0.817. The molecule has 1 heterocycles. The number of benzene rings is 1. The summed E-state index contributed by atoms with van der Waals surface area (Å²) in [5, 5.41) is 8.88. The Bertz CT molecular complexity index is 912. The molecule has 0 saturated heterocycles. The zero-order valence-corrected chi connectivity index (χ0v) is 16.0. The molecular weight excluding hydrogens is 383 g/mol. The van der Waals surface area contributed by atoms with Gasteiger partial charge in [-0.1, -0.05) is 36.7 Å². The lowest BCUT2D eigenvalue weighted by Crippen LogP contribution is -2.31. The van der Waals surface area contributed by atoms with Crippen molar-refractivity contribution in [2.24, 2.45) is 0 Å². The van der Waals surface area contributed by atoms with E-state index in [1.165, 1.54) is 6.08 Å². The van der Waals surface area contributed by atoms with E-state index in [0.717, 1.165) is 30.6 Å². The van der Waals surface area contributed by atoms with Crippen LogP contribution < -0.4 is 10.6 Å². The number of carbonyl (C=O) groups is 1. The summed E-state index contributed by atoms with van der Waals surface area (Å²) in [4.78, 5) is 12.1. The first-order valence-corrected chi connectivity index (χ1v) is 9.47. The zero-order valence-electron chi connectivity index (χ0n) is 16.0. The molecule has 1 aromatic carbocycles. The molecule has 0 saturated carbocycles. The van der Waals surface area contributed by atoms with Crippen LogP contribution in [0.5, 0.6) is 0 Å². The third kappa shape index (κ3) is 5.49. The van der Waals surface area contributed by atoms with Crippen molar-refractivity contribution in [3.63, 3.8) is 0 Å². The van der Waals surface area contributed by atoms with Crippen molar-refractivity contribution in [1.82, 2.24) is 10.5 Å². The Morgan fingerprint density at radius 2 is 1.97 bits per heavy atom. The van der Waals surface area contributed by atoms with Gasteiger partial charge in [0.1, 0.15) is 11.5 Å². The van der Waals surface area contributed by atoms with Crippen molar-refractivity contribution in [2.45, 2.75) is 45.2 Å². The van der Waals surface area contributed by atoms with Crippen molar-refractivity contribution in [3.05, 3.63) is 59.5 Å². The van der Waals surface area contributed by atoms with E-state index in [2.05, 4.69) is 22.7 Å². The minimum Gasteiger partial charge on any atom is -0.361 e. The fourth-order valence-electron chi connectivity index (χ4n) is 3.00. The molecule has 5 nitrogen and oxygen atoms in total. The zero-order chi connectivity index (χ0) is 20.9. The van der Waals surface area contributed by atoms with E-state index in [-0.39, 0.29) is 12.1 Å². The Labute approximate surface area is 166 Å². The Morgan fingerprint density at radius 1 is 1.21 bits per heavy atom. The van der Waals surface area contributed by atoms with Crippen LogP contribution in [0.4, 0.5) is 23.7 Å². The molecule has 154 valence electrons. The van der Waals surface area contributed by atoms with Crippen LogP contribution in [0.1, 0.15) is 38.4 Å². The number of hydrogen-bond donors (Lipinski definition) is 2. The molecule has 1 aliphatic rings. The maximum Gasteiger partial charge on any atom is 0.414 e. The summed E-state index contributed by atoms with van der Waals surface area (Å²) in [5.41, 5.74) is 1.02. The molecule has 0 spiro atoms. The van der Waals surface area contributed by atoms with E-state index in [4.69, 9.17) is 4.52 Å². The summed E-state index contributed by atoms with van der Waals surface area (Å²) in [6.07, 6.45) is 1.48. The van der Waals surface area contributed by atoms with Crippen molar-refractivity contribution in [2.75, 3.05) is 5.32 Å². The minimum atomic E-state index is -4.47. The Balaban J connectivity index is 1.63. The number of halogens is 3. The summed E-state index contributed by atoms with van der Waals surface area (Å²) < 4.78 is 44.5. The number of anilines is 1. The highest BCUT2D eigenvalue weighted by molar-refractivity contribution is 5.91. The van der Waals surface area contributed by atoms with Gasteiger partial charge in [0.25, 0.3) is 0 Å². The smallest absolute Gasteiger partial charge is 0.361 e. The van der Waals surface area contributed by atoms with Crippen molar-refractivity contribution < 1.29 is 22.5 Å². The lowest BCUT2D eigenvalue weighted by molar-refractivity contribution is -0.0949. The number of allylic oxidation sites excluding steroid dienone is 3. The Kier molecular flexibility index (Phi) is 6.41. The largest absolute Gasteiger partial charge is 0.414 e. The SMILES string of the molecule is CCCCc1cc(-c2ccc(NC(=O)NC3=C(C(F)(F)F)CCC=C3)cc2)no1. The molecule has 1 aromatic heterocycles. The summed E-state index contributed by atoms with van der Waals surface area (Å²) >= 11 is 0. The van der Waals surface area contributed by atoms with Gasteiger partial charge in [-0.3, -0.25) is 0 Å². The van der Waals surface area contributed by atoms with Crippen LogP contribution in [0.3, 0.4) is 0 Å². The second-order valence-electron chi connectivity index (χ2n) is 6.77. The van der Waals surface area contributed by atoms with Crippen LogP contribution in [0.15, 0.2) is 58.3 Å². The van der Waals surface area contributed by atoms with Crippen molar-refractivity contribution in [1.29, 1.82) is 0 Å². The van der Waals surface area contributed by atoms with E-state index in [9.17, 15) is 18.0 Å². The third-order valence-electron chi connectivity index (χ3n) is 4.54. The first-order chi connectivity index (χ1) is 13.9. The highest BCUT2D eigenvalue weighted by atomic mass is 19.4. The summed E-state index contributed by atoms with van der Waals surface area (Å²) in [6.45, 7) is 2.10. The number of unbranched alkanes of at least 4 members (excludes halogenated alkanes) is 1. The maximum atomic E-state index is 13.1. The van der Waals surface area contributed by atoms with E-state index < -0.39 is 17.8 Å². The van der Waals surface area contributed by atoms with E-state index in [1.54, 1.807) is 30.3 Å². The standard InChI is InChI=1S/C21H22F3N3O2/c1-2-3-6-16-13-19(27-29-16)14-9-11-15(12-10-14)25-20(28)26-18-8-5-4-7-17(18)21(22,23)24/h5,8-13H,2-4,6-7H2,1H3,(H2,25,26,28). The number of aryl methyl sites for hydroxylation is 1. The van der Waals surface area contributed by atoms with Gasteiger partial charge in [0.05, 0.1) is 11.3 Å². The molecular formula is C21H22F3N3O2. The van der Waals surface area contributed by atoms with Gasteiger partial charge >= 0.3 is 12.2 Å². The van der Waals surface area contributed by atoms with Gasteiger partial charge in [-0.05, 0) is 37.5 Å². The molecule has 1 aliphatic carbocycles. The van der Waals surface area contributed by atoms with Crippen LogP contribution in [-0.2, 0) is 6.42 Å². The normalized spacial score (nSPS) is 14.2. The maximum absolute atomic E-state index is 13.1. The fourth-order valence-corrected chi connectivity index (χ4v) is 3.00. The van der Waals surface area contributed by atoms with E-state index in [0.29, 0.717) is 17.8 Å². The van der Waals surface area contributed by atoms with Gasteiger partial charge in [0.15, 0.2) is 0 Å². The van der Waals surface area contributed by atoms with Gasteiger partial charge in [0.2, 0.25) is 0 Å². The second-order valence-corrected chi connectivity index (χ2v) is 6.77.